The first-order chi connectivity index (χ1) is 8.60. The summed E-state index contributed by atoms with van der Waals surface area (Å²) >= 11 is 0. The van der Waals surface area contributed by atoms with Gasteiger partial charge in [0.05, 0.1) is 5.69 Å². The summed E-state index contributed by atoms with van der Waals surface area (Å²) in [4.78, 5) is 0. The Labute approximate surface area is 111 Å². The SMILES string of the molecule is CCn1nc(C)cc1CC1CCC1CNC(C)C. The summed E-state index contributed by atoms with van der Waals surface area (Å²) in [5.41, 5.74) is 2.58. The molecule has 1 aromatic rings. The van der Waals surface area contributed by atoms with Crippen molar-refractivity contribution in [3.63, 3.8) is 0 Å². The zero-order valence-electron chi connectivity index (χ0n) is 12.2. The molecule has 1 fully saturated rings. The molecule has 1 heterocycles. The van der Waals surface area contributed by atoms with Gasteiger partial charge in [-0.2, -0.15) is 5.10 Å². The monoisotopic (exact) mass is 249 g/mol. The van der Waals surface area contributed by atoms with Gasteiger partial charge in [0, 0.05) is 18.3 Å². The van der Waals surface area contributed by atoms with Gasteiger partial charge in [0.15, 0.2) is 0 Å². The lowest BCUT2D eigenvalue weighted by Gasteiger charge is -2.37. The van der Waals surface area contributed by atoms with Gasteiger partial charge in [-0.25, -0.2) is 0 Å². The molecule has 0 aromatic carbocycles. The third-order valence-electron chi connectivity index (χ3n) is 4.12. The standard InChI is InChI=1S/C15H27N3/c1-5-18-15(8-12(4)17-18)9-13-6-7-14(13)10-16-11(2)3/h8,11,13-14,16H,5-7,9-10H2,1-4H3. The van der Waals surface area contributed by atoms with Crippen molar-refractivity contribution in [3.8, 4) is 0 Å². The Morgan fingerprint density at radius 3 is 2.67 bits per heavy atom. The first-order valence-electron chi connectivity index (χ1n) is 7.36. The lowest BCUT2D eigenvalue weighted by atomic mass is 9.71. The normalized spacial score (nSPS) is 23.4. The molecule has 2 atom stereocenters. The van der Waals surface area contributed by atoms with Crippen molar-refractivity contribution in [2.75, 3.05) is 6.54 Å². The fraction of sp³-hybridized carbons (Fsp3) is 0.800. The molecular weight excluding hydrogens is 222 g/mol. The molecule has 0 bridgehead atoms. The second kappa shape index (κ2) is 5.87. The molecule has 0 amide bonds. The summed E-state index contributed by atoms with van der Waals surface area (Å²) in [5.74, 6) is 1.73. The molecule has 1 aliphatic rings. The van der Waals surface area contributed by atoms with Gasteiger partial charge in [-0.1, -0.05) is 13.8 Å². The smallest absolute Gasteiger partial charge is 0.0596 e. The van der Waals surface area contributed by atoms with Crippen LogP contribution in [0.3, 0.4) is 0 Å². The minimum absolute atomic E-state index is 0.606. The molecule has 1 aromatic heterocycles. The average Bonchev–Trinajstić information content (AvgIpc) is 2.64. The van der Waals surface area contributed by atoms with Crippen molar-refractivity contribution in [2.24, 2.45) is 11.8 Å². The summed E-state index contributed by atoms with van der Waals surface area (Å²) < 4.78 is 2.17. The van der Waals surface area contributed by atoms with Crippen LogP contribution in [0, 0.1) is 18.8 Å². The van der Waals surface area contributed by atoms with Crippen LogP contribution in [-0.2, 0) is 13.0 Å². The van der Waals surface area contributed by atoms with Crippen LogP contribution in [0.4, 0.5) is 0 Å². The zero-order valence-corrected chi connectivity index (χ0v) is 12.2. The number of aryl methyl sites for hydroxylation is 2. The van der Waals surface area contributed by atoms with Crippen molar-refractivity contribution >= 4 is 0 Å². The number of rotatable bonds is 6. The highest BCUT2D eigenvalue weighted by Crippen LogP contribution is 2.36. The van der Waals surface area contributed by atoms with Crippen LogP contribution in [-0.4, -0.2) is 22.4 Å². The van der Waals surface area contributed by atoms with Gasteiger partial charge in [-0.15, -0.1) is 0 Å². The molecule has 3 nitrogen and oxygen atoms in total. The molecule has 1 aliphatic carbocycles. The summed E-state index contributed by atoms with van der Waals surface area (Å²) in [7, 11) is 0. The highest BCUT2D eigenvalue weighted by Gasteiger charge is 2.31. The Hall–Kier alpha value is -0.830. The maximum atomic E-state index is 4.54. The predicted octanol–water partition coefficient (Wildman–Crippen LogP) is 2.78. The summed E-state index contributed by atoms with van der Waals surface area (Å²) in [6.45, 7) is 10.9. The summed E-state index contributed by atoms with van der Waals surface area (Å²) in [6.07, 6.45) is 3.99. The Morgan fingerprint density at radius 1 is 1.39 bits per heavy atom. The molecule has 18 heavy (non-hydrogen) atoms. The van der Waals surface area contributed by atoms with Crippen molar-refractivity contribution < 1.29 is 0 Å². The van der Waals surface area contributed by atoms with E-state index in [1.165, 1.54) is 31.5 Å². The minimum atomic E-state index is 0.606. The van der Waals surface area contributed by atoms with E-state index in [-0.39, 0.29) is 0 Å². The molecule has 102 valence electrons. The van der Waals surface area contributed by atoms with E-state index in [0.29, 0.717) is 6.04 Å². The van der Waals surface area contributed by atoms with Crippen LogP contribution in [0.2, 0.25) is 0 Å². The average molecular weight is 249 g/mol. The van der Waals surface area contributed by atoms with Gasteiger partial charge in [0.1, 0.15) is 0 Å². The van der Waals surface area contributed by atoms with Crippen molar-refractivity contribution in [2.45, 2.75) is 59.5 Å². The number of aromatic nitrogens is 2. The van der Waals surface area contributed by atoms with E-state index in [2.05, 4.69) is 48.9 Å². The van der Waals surface area contributed by atoms with Gasteiger partial charge < -0.3 is 5.32 Å². The van der Waals surface area contributed by atoms with Crippen molar-refractivity contribution in [3.05, 3.63) is 17.5 Å². The molecule has 0 spiro atoms. The molecule has 2 unspecified atom stereocenters. The molecule has 0 radical (unpaired) electrons. The van der Waals surface area contributed by atoms with E-state index in [1.807, 2.05) is 0 Å². The van der Waals surface area contributed by atoms with Crippen LogP contribution in [0.25, 0.3) is 0 Å². The highest BCUT2D eigenvalue weighted by atomic mass is 15.3. The van der Waals surface area contributed by atoms with Crippen LogP contribution in [0.15, 0.2) is 6.07 Å². The predicted molar refractivity (Wildman–Crippen MR) is 75.7 cm³/mol. The minimum Gasteiger partial charge on any atom is -0.314 e. The van der Waals surface area contributed by atoms with Crippen LogP contribution in [0.1, 0.15) is 45.0 Å². The Morgan fingerprint density at radius 2 is 2.11 bits per heavy atom. The Kier molecular flexibility index (Phi) is 4.44. The second-order valence-electron chi connectivity index (χ2n) is 5.96. The van der Waals surface area contributed by atoms with E-state index < -0.39 is 0 Å². The maximum Gasteiger partial charge on any atom is 0.0596 e. The van der Waals surface area contributed by atoms with Gasteiger partial charge in [-0.05, 0) is 57.6 Å². The fourth-order valence-electron chi connectivity index (χ4n) is 2.87. The maximum absolute atomic E-state index is 4.54. The third-order valence-corrected chi connectivity index (χ3v) is 4.12. The number of nitrogens with one attached hydrogen (secondary N) is 1. The number of nitrogens with zero attached hydrogens (tertiary/aromatic N) is 2. The lowest BCUT2D eigenvalue weighted by molar-refractivity contribution is 0.165. The van der Waals surface area contributed by atoms with E-state index in [0.717, 1.165) is 24.1 Å². The van der Waals surface area contributed by atoms with E-state index in [1.54, 1.807) is 0 Å². The molecule has 1 saturated carbocycles. The Bertz CT molecular complexity index is 381. The Balaban J connectivity index is 1.89. The van der Waals surface area contributed by atoms with E-state index in [4.69, 9.17) is 0 Å². The van der Waals surface area contributed by atoms with Gasteiger partial charge in [0.2, 0.25) is 0 Å². The molecule has 0 saturated heterocycles. The second-order valence-corrected chi connectivity index (χ2v) is 5.96. The number of hydrogen-bond donors (Lipinski definition) is 1. The largest absolute Gasteiger partial charge is 0.314 e. The van der Waals surface area contributed by atoms with Gasteiger partial charge in [0.25, 0.3) is 0 Å². The van der Waals surface area contributed by atoms with Crippen molar-refractivity contribution in [1.82, 2.24) is 15.1 Å². The highest BCUT2D eigenvalue weighted by molar-refractivity contribution is 5.10. The van der Waals surface area contributed by atoms with Gasteiger partial charge in [-0.3, -0.25) is 4.68 Å². The van der Waals surface area contributed by atoms with Crippen LogP contribution in [0.5, 0.6) is 0 Å². The molecule has 3 heteroatoms. The molecule has 2 rings (SSSR count). The van der Waals surface area contributed by atoms with Gasteiger partial charge >= 0.3 is 0 Å². The first-order valence-corrected chi connectivity index (χ1v) is 7.36. The molecular formula is C15H27N3. The fourth-order valence-corrected chi connectivity index (χ4v) is 2.87. The number of hydrogen-bond acceptors (Lipinski definition) is 2. The quantitative estimate of drug-likeness (QED) is 0.840. The van der Waals surface area contributed by atoms with E-state index >= 15 is 0 Å². The first kappa shape index (κ1) is 13.6. The zero-order chi connectivity index (χ0) is 13.1. The molecule has 0 aliphatic heterocycles. The van der Waals surface area contributed by atoms with Crippen molar-refractivity contribution in [1.29, 1.82) is 0 Å². The lowest BCUT2D eigenvalue weighted by Crippen LogP contribution is -2.39. The van der Waals surface area contributed by atoms with Crippen LogP contribution < -0.4 is 5.32 Å². The molecule has 1 N–H and O–H groups in total. The third kappa shape index (κ3) is 3.14. The van der Waals surface area contributed by atoms with Crippen LogP contribution >= 0.6 is 0 Å². The van der Waals surface area contributed by atoms with E-state index in [9.17, 15) is 0 Å². The summed E-state index contributed by atoms with van der Waals surface area (Å²) in [6, 6.07) is 2.86. The summed E-state index contributed by atoms with van der Waals surface area (Å²) in [5, 5.41) is 8.12. The topological polar surface area (TPSA) is 29.9 Å².